The van der Waals surface area contributed by atoms with Gasteiger partial charge in [-0.05, 0) is 78.2 Å². The number of carbonyl (C=O) groups is 3. The molecule has 0 spiro atoms. The van der Waals surface area contributed by atoms with Gasteiger partial charge in [0.25, 0.3) is 11.1 Å². The molecule has 0 aromatic heterocycles. The second kappa shape index (κ2) is 11.0. The summed E-state index contributed by atoms with van der Waals surface area (Å²) < 4.78 is 0. The fraction of sp³-hybridized carbons (Fsp3) is 0.179. The Bertz CT molecular complexity index is 1270. The predicted molar refractivity (Wildman–Crippen MR) is 144 cm³/mol. The number of carbonyl (C=O) groups excluding carboxylic acids is 3. The molecule has 4 rings (SSSR count). The van der Waals surface area contributed by atoms with Gasteiger partial charge in [-0.25, -0.2) is 0 Å². The lowest BCUT2D eigenvalue weighted by molar-refractivity contribution is -0.127. The van der Waals surface area contributed by atoms with Crippen LogP contribution in [-0.2, 0) is 9.59 Å². The van der Waals surface area contributed by atoms with E-state index in [0.29, 0.717) is 16.5 Å². The van der Waals surface area contributed by atoms with Gasteiger partial charge in [0.1, 0.15) is 6.54 Å². The Morgan fingerprint density at radius 2 is 1.54 bits per heavy atom. The van der Waals surface area contributed by atoms with Crippen molar-refractivity contribution < 1.29 is 14.4 Å². The maximum absolute atomic E-state index is 12.8. The normalized spacial score (nSPS) is 14.7. The first kappa shape index (κ1) is 24.8. The number of amides is 3. The lowest BCUT2D eigenvalue weighted by Crippen LogP contribution is -2.36. The molecule has 3 amide bonds. The summed E-state index contributed by atoms with van der Waals surface area (Å²) in [5, 5.41) is 2.31. The number of benzene rings is 3. The third-order valence-electron chi connectivity index (χ3n) is 5.47. The van der Waals surface area contributed by atoms with Gasteiger partial charge in [-0.2, -0.15) is 0 Å². The average Bonchev–Trinajstić information content (AvgIpc) is 3.09. The summed E-state index contributed by atoms with van der Waals surface area (Å²) in [5.41, 5.74) is 3.83. The summed E-state index contributed by atoms with van der Waals surface area (Å²) in [5.74, 6) is -0.475. The summed E-state index contributed by atoms with van der Waals surface area (Å²) in [6.07, 6.45) is 1.69. The molecule has 178 valence electrons. The molecule has 1 saturated heterocycles. The van der Waals surface area contributed by atoms with Gasteiger partial charge in [-0.3, -0.25) is 19.3 Å². The van der Waals surface area contributed by atoms with E-state index in [1.807, 2.05) is 48.5 Å². The summed E-state index contributed by atoms with van der Waals surface area (Å²) in [6.45, 7) is 5.93. The van der Waals surface area contributed by atoms with E-state index in [2.05, 4.69) is 50.4 Å². The smallest absolute Gasteiger partial charge is 0.294 e. The largest absolute Gasteiger partial charge is 0.325 e. The zero-order chi connectivity index (χ0) is 24.9. The van der Waals surface area contributed by atoms with Crippen LogP contribution in [0.1, 0.15) is 36.5 Å². The summed E-state index contributed by atoms with van der Waals surface area (Å²) in [4.78, 5) is 41.2. The van der Waals surface area contributed by atoms with Crippen LogP contribution in [0.5, 0.6) is 0 Å². The minimum absolute atomic E-state index is 0.308. The lowest BCUT2D eigenvalue weighted by atomic mass is 10.0. The Morgan fingerprint density at radius 3 is 2.14 bits per heavy atom. The van der Waals surface area contributed by atoms with Crippen molar-refractivity contribution >= 4 is 52.3 Å². The summed E-state index contributed by atoms with van der Waals surface area (Å²) in [7, 11) is 0. The van der Waals surface area contributed by atoms with E-state index < -0.39 is 17.1 Å². The molecule has 5 nitrogen and oxygen atoms in total. The molecule has 1 heterocycles. The van der Waals surface area contributed by atoms with Crippen LogP contribution in [0.4, 0.5) is 10.5 Å². The third kappa shape index (κ3) is 6.44. The molecule has 1 aliphatic heterocycles. The summed E-state index contributed by atoms with van der Waals surface area (Å²) in [6, 6.07) is 23.7. The molecule has 0 radical (unpaired) electrons. The van der Waals surface area contributed by atoms with E-state index in [9.17, 15) is 14.4 Å². The van der Waals surface area contributed by atoms with Gasteiger partial charge in [0.15, 0.2) is 0 Å². The van der Waals surface area contributed by atoms with Gasteiger partial charge >= 0.3 is 0 Å². The fourth-order valence-electron chi connectivity index (χ4n) is 3.46. The predicted octanol–water partition coefficient (Wildman–Crippen LogP) is 6.94. The molecule has 7 heteroatoms. The quantitative estimate of drug-likeness (QED) is 0.354. The van der Waals surface area contributed by atoms with Gasteiger partial charge in [0.05, 0.1) is 4.91 Å². The molecule has 0 aliphatic carbocycles. The van der Waals surface area contributed by atoms with Crippen molar-refractivity contribution in [3.63, 3.8) is 0 Å². The minimum atomic E-state index is -0.455. The number of imide groups is 1. The van der Waals surface area contributed by atoms with E-state index in [0.717, 1.165) is 32.0 Å². The third-order valence-corrected chi connectivity index (χ3v) is 7.39. The minimum Gasteiger partial charge on any atom is -0.325 e. The van der Waals surface area contributed by atoms with E-state index in [4.69, 9.17) is 0 Å². The highest BCUT2D eigenvalue weighted by molar-refractivity contribution is 8.18. The molecular formula is C28H26N2O3S2. The van der Waals surface area contributed by atoms with Gasteiger partial charge in [-0.1, -0.05) is 67.6 Å². The van der Waals surface area contributed by atoms with E-state index in [1.165, 1.54) is 11.1 Å². The van der Waals surface area contributed by atoms with Crippen LogP contribution in [0.15, 0.2) is 87.5 Å². The topological polar surface area (TPSA) is 66.5 Å². The molecule has 3 aromatic rings. The van der Waals surface area contributed by atoms with E-state index in [-0.39, 0.29) is 6.54 Å². The van der Waals surface area contributed by atoms with Crippen LogP contribution in [0.25, 0.3) is 6.08 Å². The first-order valence-corrected chi connectivity index (χ1v) is 12.9. The molecule has 1 fully saturated rings. The van der Waals surface area contributed by atoms with Crippen LogP contribution < -0.4 is 5.32 Å². The van der Waals surface area contributed by atoms with Crippen molar-refractivity contribution in [2.24, 2.45) is 0 Å². The molecule has 0 bridgehead atoms. The highest BCUT2D eigenvalue weighted by Gasteiger charge is 2.36. The zero-order valence-corrected chi connectivity index (χ0v) is 21.4. The number of nitrogens with one attached hydrogen (secondary N) is 1. The van der Waals surface area contributed by atoms with E-state index >= 15 is 0 Å². The number of thioether (sulfide) groups is 1. The molecule has 35 heavy (non-hydrogen) atoms. The number of nitrogens with zero attached hydrogens (tertiary/aromatic N) is 1. The molecule has 3 aromatic carbocycles. The van der Waals surface area contributed by atoms with Crippen molar-refractivity contribution in [2.45, 2.75) is 36.5 Å². The molecule has 0 unspecified atom stereocenters. The molecule has 0 saturated carbocycles. The van der Waals surface area contributed by atoms with Crippen molar-refractivity contribution in [3.8, 4) is 0 Å². The average molecular weight is 503 g/mol. The monoisotopic (exact) mass is 502 g/mol. The van der Waals surface area contributed by atoms with Crippen LogP contribution in [0, 0.1) is 6.92 Å². The van der Waals surface area contributed by atoms with Gasteiger partial charge in [0, 0.05) is 15.5 Å². The number of anilines is 1. The van der Waals surface area contributed by atoms with Crippen LogP contribution in [0.3, 0.4) is 0 Å². The van der Waals surface area contributed by atoms with E-state index in [1.54, 1.807) is 17.8 Å². The maximum atomic E-state index is 12.8. The Balaban J connectivity index is 1.37. The number of aryl methyl sites for hydroxylation is 1. The van der Waals surface area contributed by atoms with Crippen molar-refractivity contribution in [1.82, 2.24) is 4.90 Å². The molecule has 1 aliphatic rings. The SMILES string of the molecule is Cc1ccc(Sc2ccc(/C=C3\SC(=O)N(CC(=O)Nc4ccc(C(C)C)cc4)C3=O)cc2)cc1. The lowest BCUT2D eigenvalue weighted by Gasteiger charge is -2.13. The first-order valence-electron chi connectivity index (χ1n) is 11.3. The first-order chi connectivity index (χ1) is 16.8. The van der Waals surface area contributed by atoms with Crippen LogP contribution in [0.2, 0.25) is 0 Å². The Labute approximate surface area is 214 Å². The van der Waals surface area contributed by atoms with Gasteiger partial charge in [0.2, 0.25) is 5.91 Å². The van der Waals surface area contributed by atoms with Crippen molar-refractivity contribution in [2.75, 3.05) is 11.9 Å². The second-order valence-electron chi connectivity index (χ2n) is 8.58. The fourth-order valence-corrected chi connectivity index (χ4v) is 5.11. The van der Waals surface area contributed by atoms with Crippen molar-refractivity contribution in [3.05, 3.63) is 94.4 Å². The Morgan fingerprint density at radius 1 is 0.943 bits per heavy atom. The standard InChI is InChI=1S/C28H26N2O3S2/c1-18(2)21-8-10-22(11-9-21)29-26(31)17-30-27(32)25(35-28(30)33)16-20-6-14-24(15-7-20)34-23-12-4-19(3)5-13-23/h4-16,18H,17H2,1-3H3,(H,29,31)/b25-16-. The van der Waals surface area contributed by atoms with Crippen LogP contribution in [-0.4, -0.2) is 28.5 Å². The molecular weight excluding hydrogens is 476 g/mol. The van der Waals surface area contributed by atoms with Crippen molar-refractivity contribution in [1.29, 1.82) is 0 Å². The van der Waals surface area contributed by atoms with Gasteiger partial charge < -0.3 is 5.32 Å². The Hall–Kier alpha value is -3.29. The highest BCUT2D eigenvalue weighted by Crippen LogP contribution is 2.33. The number of hydrogen-bond acceptors (Lipinski definition) is 5. The van der Waals surface area contributed by atoms with Crippen LogP contribution >= 0.6 is 23.5 Å². The number of hydrogen-bond donors (Lipinski definition) is 1. The maximum Gasteiger partial charge on any atom is 0.294 e. The molecule has 1 N–H and O–H groups in total. The number of rotatable bonds is 7. The Kier molecular flexibility index (Phi) is 7.78. The second-order valence-corrected chi connectivity index (χ2v) is 10.7. The van der Waals surface area contributed by atoms with Gasteiger partial charge in [-0.15, -0.1) is 0 Å². The zero-order valence-electron chi connectivity index (χ0n) is 19.8. The molecule has 0 atom stereocenters. The highest BCUT2D eigenvalue weighted by atomic mass is 32.2. The summed E-state index contributed by atoms with van der Waals surface area (Å²) >= 11 is 2.51.